The lowest BCUT2D eigenvalue weighted by atomic mass is 10.1. The molecule has 5 heteroatoms. The van der Waals surface area contributed by atoms with Gasteiger partial charge in [-0.15, -0.1) is 0 Å². The molecule has 0 aliphatic rings. The Labute approximate surface area is 130 Å². The molecule has 0 saturated heterocycles. The summed E-state index contributed by atoms with van der Waals surface area (Å²) < 4.78 is 19.1. The van der Waals surface area contributed by atoms with Gasteiger partial charge < -0.3 is 9.62 Å². The van der Waals surface area contributed by atoms with Gasteiger partial charge in [-0.05, 0) is 35.7 Å². The van der Waals surface area contributed by atoms with Crippen molar-refractivity contribution in [2.45, 2.75) is 0 Å². The van der Waals surface area contributed by atoms with Gasteiger partial charge in [-0.25, -0.2) is 4.39 Å². The highest BCUT2D eigenvalue weighted by Crippen LogP contribution is 2.24. The molecule has 4 nitrogen and oxygen atoms in total. The Morgan fingerprint density at radius 3 is 2.74 bits per heavy atom. The van der Waals surface area contributed by atoms with E-state index in [-0.39, 0.29) is 5.82 Å². The van der Waals surface area contributed by atoms with Crippen LogP contribution in [0.5, 0.6) is 0 Å². The first-order valence-corrected chi connectivity index (χ1v) is 7.01. The minimum absolute atomic E-state index is 0.302. The number of fused-ring (bicyclic) bond motifs is 2. The zero-order valence-corrected chi connectivity index (χ0v) is 11.9. The molecule has 0 aliphatic heterocycles. The van der Waals surface area contributed by atoms with E-state index in [0.29, 0.717) is 33.2 Å². The van der Waals surface area contributed by atoms with Crippen LogP contribution in [0, 0.1) is 5.82 Å². The van der Waals surface area contributed by atoms with Crippen molar-refractivity contribution in [3.63, 3.8) is 0 Å². The molecule has 0 aliphatic carbocycles. The maximum atomic E-state index is 13.2. The maximum Gasteiger partial charge on any atom is 0.155 e. The first-order valence-electron chi connectivity index (χ1n) is 7.01. The van der Waals surface area contributed by atoms with Crippen LogP contribution in [0.3, 0.4) is 0 Å². The molecular formula is C18H11FN2O2. The van der Waals surface area contributed by atoms with E-state index in [1.54, 1.807) is 24.4 Å². The number of benzene rings is 2. The SMILES string of the molecule is ON=c1cc(-c2cc3ccc(F)cc3cn2)oc2ccccc12. The molecule has 2 aromatic carbocycles. The molecule has 2 heterocycles. The predicted octanol–water partition coefficient (Wildman–Crippen LogP) is 4.08. The molecule has 1 N–H and O–H groups in total. The van der Waals surface area contributed by atoms with E-state index in [1.165, 1.54) is 12.1 Å². The Kier molecular flexibility index (Phi) is 3.05. The van der Waals surface area contributed by atoms with Crippen molar-refractivity contribution in [3.8, 4) is 11.5 Å². The van der Waals surface area contributed by atoms with Gasteiger partial charge in [0.1, 0.15) is 22.5 Å². The number of rotatable bonds is 1. The Balaban J connectivity index is 1.97. The average Bonchev–Trinajstić information content (AvgIpc) is 2.60. The molecule has 0 bridgehead atoms. The van der Waals surface area contributed by atoms with E-state index in [1.807, 2.05) is 24.3 Å². The van der Waals surface area contributed by atoms with Crippen molar-refractivity contribution in [1.29, 1.82) is 0 Å². The zero-order valence-electron chi connectivity index (χ0n) is 11.9. The molecule has 0 radical (unpaired) electrons. The fourth-order valence-corrected chi connectivity index (χ4v) is 2.57. The zero-order chi connectivity index (χ0) is 15.8. The Hall–Kier alpha value is -3.21. The highest BCUT2D eigenvalue weighted by Gasteiger charge is 2.08. The summed E-state index contributed by atoms with van der Waals surface area (Å²) in [7, 11) is 0. The fraction of sp³-hybridized carbons (Fsp3) is 0. The summed E-state index contributed by atoms with van der Waals surface area (Å²) in [5.41, 5.74) is 1.18. The molecule has 112 valence electrons. The lowest BCUT2D eigenvalue weighted by molar-refractivity contribution is 0.302. The fourth-order valence-electron chi connectivity index (χ4n) is 2.57. The van der Waals surface area contributed by atoms with Gasteiger partial charge in [-0.2, -0.15) is 0 Å². The largest absolute Gasteiger partial charge is 0.454 e. The summed E-state index contributed by atoms with van der Waals surface area (Å²) in [6.45, 7) is 0. The Morgan fingerprint density at radius 2 is 1.87 bits per heavy atom. The Bertz CT molecular complexity index is 1100. The third kappa shape index (κ3) is 2.32. The van der Waals surface area contributed by atoms with Crippen LogP contribution in [0.1, 0.15) is 0 Å². The molecule has 0 amide bonds. The minimum Gasteiger partial charge on any atom is -0.454 e. The van der Waals surface area contributed by atoms with E-state index in [0.717, 1.165) is 5.39 Å². The number of para-hydroxylation sites is 1. The summed E-state index contributed by atoms with van der Waals surface area (Å²) in [4.78, 5) is 4.32. The number of nitrogens with zero attached hydrogens (tertiary/aromatic N) is 2. The van der Waals surface area contributed by atoms with E-state index < -0.39 is 0 Å². The van der Waals surface area contributed by atoms with E-state index in [4.69, 9.17) is 4.42 Å². The third-order valence-electron chi connectivity index (χ3n) is 3.69. The topological polar surface area (TPSA) is 58.6 Å². The summed E-state index contributed by atoms with van der Waals surface area (Å²) >= 11 is 0. The van der Waals surface area contributed by atoms with Crippen LogP contribution in [0.15, 0.2) is 70.4 Å². The Morgan fingerprint density at radius 1 is 1.00 bits per heavy atom. The lowest BCUT2D eigenvalue weighted by Gasteiger charge is -2.05. The molecule has 23 heavy (non-hydrogen) atoms. The average molecular weight is 306 g/mol. The molecule has 0 spiro atoms. The summed E-state index contributed by atoms with van der Waals surface area (Å²) in [5.74, 6) is 0.173. The number of pyridine rings is 1. The summed E-state index contributed by atoms with van der Waals surface area (Å²) in [5, 5.41) is 15.2. The van der Waals surface area contributed by atoms with Crippen molar-refractivity contribution >= 4 is 21.7 Å². The third-order valence-corrected chi connectivity index (χ3v) is 3.69. The first kappa shape index (κ1) is 13.5. The predicted molar refractivity (Wildman–Crippen MR) is 84.3 cm³/mol. The van der Waals surface area contributed by atoms with Gasteiger partial charge in [-0.1, -0.05) is 23.4 Å². The molecule has 0 saturated carbocycles. The van der Waals surface area contributed by atoms with Crippen molar-refractivity contribution in [3.05, 3.63) is 72.0 Å². The molecule has 0 unspecified atom stereocenters. The molecule has 0 atom stereocenters. The van der Waals surface area contributed by atoms with Crippen LogP contribution < -0.4 is 5.36 Å². The summed E-state index contributed by atoms with van der Waals surface area (Å²) in [6, 6.07) is 15.2. The van der Waals surface area contributed by atoms with Crippen LogP contribution >= 0.6 is 0 Å². The number of hydrogen-bond donors (Lipinski definition) is 1. The van der Waals surface area contributed by atoms with Crippen molar-refractivity contribution in [2.75, 3.05) is 0 Å². The van der Waals surface area contributed by atoms with E-state index >= 15 is 0 Å². The molecule has 0 fully saturated rings. The smallest absolute Gasteiger partial charge is 0.155 e. The van der Waals surface area contributed by atoms with Crippen LogP contribution in [0.4, 0.5) is 4.39 Å². The number of halogens is 1. The van der Waals surface area contributed by atoms with Gasteiger partial charge in [-0.3, -0.25) is 4.98 Å². The second kappa shape index (κ2) is 5.21. The van der Waals surface area contributed by atoms with Gasteiger partial charge in [0.15, 0.2) is 5.76 Å². The number of aromatic nitrogens is 1. The highest BCUT2D eigenvalue weighted by molar-refractivity contribution is 5.85. The van der Waals surface area contributed by atoms with Crippen molar-refractivity contribution < 1.29 is 14.0 Å². The minimum atomic E-state index is -0.302. The van der Waals surface area contributed by atoms with Gasteiger partial charge in [0.05, 0.1) is 0 Å². The van der Waals surface area contributed by atoms with Gasteiger partial charge in [0.2, 0.25) is 0 Å². The standard InChI is InChI=1S/C18H11FN2O2/c19-13-6-5-11-8-16(20-10-12(11)7-13)18-9-15(21-22)14-3-1-2-4-17(14)23-18/h1-10,22H. The van der Waals surface area contributed by atoms with E-state index in [9.17, 15) is 9.60 Å². The van der Waals surface area contributed by atoms with Gasteiger partial charge in [0, 0.05) is 23.0 Å². The first-order chi connectivity index (χ1) is 11.2. The van der Waals surface area contributed by atoms with Crippen LogP contribution in [0.25, 0.3) is 33.2 Å². The number of hydrogen-bond acceptors (Lipinski definition) is 4. The highest BCUT2D eigenvalue weighted by atomic mass is 19.1. The van der Waals surface area contributed by atoms with Gasteiger partial charge in [0.25, 0.3) is 0 Å². The van der Waals surface area contributed by atoms with E-state index in [2.05, 4.69) is 10.1 Å². The van der Waals surface area contributed by atoms with Crippen LogP contribution in [-0.2, 0) is 0 Å². The second-order valence-electron chi connectivity index (χ2n) is 5.15. The summed E-state index contributed by atoms with van der Waals surface area (Å²) in [6.07, 6.45) is 1.59. The van der Waals surface area contributed by atoms with Crippen LogP contribution in [-0.4, -0.2) is 10.2 Å². The molecular weight excluding hydrogens is 295 g/mol. The molecule has 4 rings (SSSR count). The molecule has 4 aromatic rings. The van der Waals surface area contributed by atoms with Crippen molar-refractivity contribution in [2.24, 2.45) is 5.16 Å². The maximum absolute atomic E-state index is 13.2. The van der Waals surface area contributed by atoms with Crippen molar-refractivity contribution in [1.82, 2.24) is 4.98 Å². The lowest BCUT2D eigenvalue weighted by Crippen LogP contribution is -2.03. The normalized spacial score (nSPS) is 12.1. The molecule has 2 aromatic heterocycles. The van der Waals surface area contributed by atoms with Crippen LogP contribution in [0.2, 0.25) is 0 Å². The monoisotopic (exact) mass is 306 g/mol. The quantitative estimate of drug-likeness (QED) is 0.426. The second-order valence-corrected chi connectivity index (χ2v) is 5.15. The van der Waals surface area contributed by atoms with Gasteiger partial charge >= 0.3 is 0 Å².